The number of carbonyl (C=O) groups is 4. The quantitative estimate of drug-likeness (QED) is 0.296. The summed E-state index contributed by atoms with van der Waals surface area (Å²) in [6.45, 7) is 0. The van der Waals surface area contributed by atoms with Gasteiger partial charge in [-0.05, 0) is 24.5 Å². The number of hydrogen-bond donors (Lipinski definition) is 4. The molecule has 2 amide bonds. The lowest BCUT2D eigenvalue weighted by molar-refractivity contribution is -0.142. The molecule has 2 atom stereocenters. The van der Waals surface area contributed by atoms with Gasteiger partial charge in [0.15, 0.2) is 5.17 Å². The van der Waals surface area contributed by atoms with Gasteiger partial charge in [-0.3, -0.25) is 14.4 Å². The summed E-state index contributed by atoms with van der Waals surface area (Å²) in [4.78, 5) is 45.9. The largest absolute Gasteiger partial charge is 0.481 e. The van der Waals surface area contributed by atoms with E-state index >= 15 is 0 Å². The molecule has 10 nitrogen and oxygen atoms in total. The molecular formula is C20H22N4O6S. The highest BCUT2D eigenvalue weighted by molar-refractivity contribution is 8.15. The monoisotopic (exact) mass is 446 g/mol. The third kappa shape index (κ3) is 8.83. The minimum atomic E-state index is -1.26. The number of carboxylic acid groups (broad SMARTS) is 2. The number of nitrogens with zero attached hydrogens (tertiary/aromatic N) is 2. The number of amides is 2. The van der Waals surface area contributed by atoms with Crippen molar-refractivity contribution in [3.8, 4) is 0 Å². The number of allylic oxidation sites excluding steroid dienone is 1. The van der Waals surface area contributed by atoms with E-state index in [0.29, 0.717) is 0 Å². The van der Waals surface area contributed by atoms with Gasteiger partial charge in [-0.25, -0.2) is 4.79 Å². The standard InChI is InChI=1S/C20H22N4O6S/c25-16(22-14(19(29)30)9-4-10-17(26)27)12-15-18(28)23-20(31-15)24-21-11-5-8-13-6-2-1-3-7-13/h1-3,5-8,11,14-15H,4,9-10,12H2,(H,22,25)(H,26,27)(H,29,30)(H,23,24,28). The fraction of sp³-hybridized carbons (Fsp3) is 0.300. The molecule has 1 aliphatic rings. The lowest BCUT2D eigenvalue weighted by atomic mass is 10.1. The topological polar surface area (TPSA) is 158 Å². The van der Waals surface area contributed by atoms with Crippen LogP contribution in [0, 0.1) is 0 Å². The molecule has 1 saturated heterocycles. The van der Waals surface area contributed by atoms with Gasteiger partial charge in [0.25, 0.3) is 0 Å². The van der Waals surface area contributed by atoms with Gasteiger partial charge in [0.1, 0.15) is 11.3 Å². The second kappa shape index (κ2) is 12.3. The Morgan fingerprint density at radius 2 is 1.97 bits per heavy atom. The number of hydrogen-bond acceptors (Lipinski definition) is 7. The van der Waals surface area contributed by atoms with Crippen molar-refractivity contribution in [1.82, 2.24) is 10.6 Å². The van der Waals surface area contributed by atoms with Crippen molar-refractivity contribution in [2.45, 2.75) is 37.0 Å². The van der Waals surface area contributed by atoms with Gasteiger partial charge in [0.2, 0.25) is 11.8 Å². The van der Waals surface area contributed by atoms with E-state index in [1.165, 1.54) is 6.21 Å². The fourth-order valence-corrected chi connectivity index (χ4v) is 3.49. The zero-order valence-electron chi connectivity index (χ0n) is 16.4. The Hall–Kier alpha value is -3.47. The van der Waals surface area contributed by atoms with Crippen LogP contribution >= 0.6 is 11.8 Å². The molecule has 164 valence electrons. The van der Waals surface area contributed by atoms with Crippen LogP contribution in [0.2, 0.25) is 0 Å². The van der Waals surface area contributed by atoms with E-state index in [0.717, 1.165) is 17.3 Å². The van der Waals surface area contributed by atoms with Crippen LogP contribution < -0.4 is 10.6 Å². The highest BCUT2D eigenvalue weighted by atomic mass is 32.2. The molecule has 1 heterocycles. The third-order valence-corrected chi connectivity index (χ3v) is 5.13. The molecule has 2 unspecified atom stereocenters. The van der Waals surface area contributed by atoms with Crippen LogP contribution in [-0.2, 0) is 19.2 Å². The van der Waals surface area contributed by atoms with Crippen molar-refractivity contribution in [1.29, 1.82) is 0 Å². The molecule has 1 fully saturated rings. The van der Waals surface area contributed by atoms with E-state index < -0.39 is 35.0 Å². The maximum atomic E-state index is 12.1. The number of rotatable bonds is 11. The van der Waals surface area contributed by atoms with Crippen molar-refractivity contribution < 1.29 is 29.4 Å². The number of aliphatic carboxylic acids is 2. The molecule has 0 bridgehead atoms. The summed E-state index contributed by atoms with van der Waals surface area (Å²) in [7, 11) is 0. The maximum Gasteiger partial charge on any atom is 0.326 e. The Balaban J connectivity index is 1.82. The first-order chi connectivity index (χ1) is 14.8. The summed E-state index contributed by atoms with van der Waals surface area (Å²) in [6, 6.07) is 8.38. The average molecular weight is 446 g/mol. The van der Waals surface area contributed by atoms with Crippen LogP contribution in [0.15, 0.2) is 46.6 Å². The van der Waals surface area contributed by atoms with Gasteiger partial charge in [-0.15, -0.1) is 5.10 Å². The number of thioether (sulfide) groups is 1. The SMILES string of the molecule is O=C(O)CCCC(NC(=O)CC1SC(=NN=CC=Cc2ccccc2)NC1=O)C(=O)O. The fourth-order valence-electron chi connectivity index (χ4n) is 2.57. The van der Waals surface area contributed by atoms with Gasteiger partial charge in [0.05, 0.1) is 0 Å². The van der Waals surface area contributed by atoms with Crippen molar-refractivity contribution in [3.63, 3.8) is 0 Å². The molecule has 1 aliphatic heterocycles. The molecule has 1 aromatic carbocycles. The molecular weight excluding hydrogens is 424 g/mol. The van der Waals surface area contributed by atoms with Crippen molar-refractivity contribution in [2.24, 2.45) is 10.2 Å². The smallest absolute Gasteiger partial charge is 0.326 e. The molecule has 0 radical (unpaired) electrons. The van der Waals surface area contributed by atoms with E-state index in [4.69, 9.17) is 10.2 Å². The molecule has 2 rings (SSSR count). The number of benzene rings is 1. The Kier molecular flexibility index (Phi) is 9.43. The first kappa shape index (κ1) is 23.8. The molecule has 0 spiro atoms. The normalized spacial score (nSPS) is 18.4. The van der Waals surface area contributed by atoms with E-state index in [1.807, 2.05) is 36.4 Å². The van der Waals surface area contributed by atoms with Gasteiger partial charge in [0, 0.05) is 19.1 Å². The summed E-state index contributed by atoms with van der Waals surface area (Å²) in [6.07, 6.45) is 4.65. The molecule has 0 saturated carbocycles. The highest BCUT2D eigenvalue weighted by Gasteiger charge is 2.33. The van der Waals surface area contributed by atoms with Crippen molar-refractivity contribution in [3.05, 3.63) is 42.0 Å². The lowest BCUT2D eigenvalue weighted by Gasteiger charge is -2.14. The van der Waals surface area contributed by atoms with Crippen LogP contribution in [0.1, 0.15) is 31.2 Å². The van der Waals surface area contributed by atoms with Crippen LogP contribution in [-0.4, -0.2) is 56.6 Å². The molecule has 4 N–H and O–H groups in total. The minimum absolute atomic E-state index is 0.0186. The van der Waals surface area contributed by atoms with E-state index in [1.54, 1.807) is 6.08 Å². The lowest BCUT2D eigenvalue weighted by Crippen LogP contribution is -2.42. The highest BCUT2D eigenvalue weighted by Crippen LogP contribution is 2.22. The number of amidine groups is 1. The van der Waals surface area contributed by atoms with Crippen LogP contribution in [0.3, 0.4) is 0 Å². The van der Waals surface area contributed by atoms with Gasteiger partial charge in [-0.1, -0.05) is 48.2 Å². The summed E-state index contributed by atoms with van der Waals surface area (Å²) in [5, 5.41) is 29.9. The molecule has 31 heavy (non-hydrogen) atoms. The van der Waals surface area contributed by atoms with E-state index in [9.17, 15) is 19.2 Å². The Morgan fingerprint density at radius 3 is 2.65 bits per heavy atom. The van der Waals surface area contributed by atoms with Gasteiger partial charge in [-0.2, -0.15) is 5.10 Å². The third-order valence-electron chi connectivity index (χ3n) is 4.05. The number of nitrogens with one attached hydrogen (secondary N) is 2. The minimum Gasteiger partial charge on any atom is -0.481 e. The first-order valence-corrected chi connectivity index (χ1v) is 10.3. The second-order valence-corrected chi connectivity index (χ2v) is 7.68. The number of carbonyl (C=O) groups excluding carboxylic acids is 2. The zero-order valence-corrected chi connectivity index (χ0v) is 17.2. The zero-order chi connectivity index (χ0) is 22.6. The molecule has 0 aliphatic carbocycles. The van der Waals surface area contributed by atoms with Crippen LogP contribution in [0.4, 0.5) is 0 Å². The maximum absolute atomic E-state index is 12.1. The van der Waals surface area contributed by atoms with E-state index in [-0.39, 0.29) is 30.9 Å². The summed E-state index contributed by atoms with van der Waals surface area (Å²) in [5.41, 5.74) is 0.999. The predicted molar refractivity (Wildman–Crippen MR) is 117 cm³/mol. The van der Waals surface area contributed by atoms with E-state index in [2.05, 4.69) is 20.8 Å². The predicted octanol–water partition coefficient (Wildman–Crippen LogP) is 1.49. The van der Waals surface area contributed by atoms with Gasteiger partial charge < -0.3 is 20.8 Å². The van der Waals surface area contributed by atoms with Crippen molar-refractivity contribution >= 4 is 53.0 Å². The van der Waals surface area contributed by atoms with Crippen LogP contribution in [0.25, 0.3) is 6.08 Å². The van der Waals surface area contributed by atoms with Gasteiger partial charge >= 0.3 is 11.9 Å². The molecule has 0 aromatic heterocycles. The molecule has 1 aromatic rings. The van der Waals surface area contributed by atoms with Crippen molar-refractivity contribution in [2.75, 3.05) is 0 Å². The summed E-state index contributed by atoms with van der Waals surface area (Å²) < 4.78 is 0. The summed E-state index contributed by atoms with van der Waals surface area (Å²) >= 11 is 1.02. The average Bonchev–Trinajstić information content (AvgIpc) is 3.06. The van der Waals surface area contributed by atoms with Crippen LogP contribution in [0.5, 0.6) is 0 Å². The molecule has 11 heteroatoms. The second-order valence-electron chi connectivity index (χ2n) is 6.48. The number of carboxylic acids is 2. The Bertz CT molecular complexity index is 900. The first-order valence-electron chi connectivity index (χ1n) is 9.39. The summed E-state index contributed by atoms with van der Waals surface area (Å²) in [5.74, 6) is -3.35. The Morgan fingerprint density at radius 1 is 1.23 bits per heavy atom. The Labute approximate surface area is 182 Å².